The van der Waals surface area contributed by atoms with Crippen molar-refractivity contribution in [1.29, 1.82) is 0 Å². The number of aromatic amines is 1. The van der Waals surface area contributed by atoms with Crippen LogP contribution in [0.15, 0.2) is 36.4 Å². The molecule has 0 spiro atoms. The number of aryl methyl sites for hydroxylation is 1. The molecule has 1 heterocycles. The first-order chi connectivity index (χ1) is 11.9. The van der Waals surface area contributed by atoms with Crippen LogP contribution >= 0.6 is 0 Å². The molecule has 1 aromatic carbocycles. The number of carbonyl (C=O) groups is 2. The van der Waals surface area contributed by atoms with Crippen LogP contribution in [-0.2, 0) is 16.0 Å². The summed E-state index contributed by atoms with van der Waals surface area (Å²) in [6, 6.07) is 9.63. The summed E-state index contributed by atoms with van der Waals surface area (Å²) in [6.45, 7) is 1.71. The largest absolute Gasteiger partial charge is 0.490 e. The lowest BCUT2D eigenvalue weighted by atomic mass is 10.1. The van der Waals surface area contributed by atoms with Gasteiger partial charge in [-0.05, 0) is 12.5 Å². The number of nitrogens with one attached hydrogen (secondary N) is 2. The molecular weight excluding hydrogens is 365 g/mol. The van der Waals surface area contributed by atoms with E-state index in [4.69, 9.17) is 9.90 Å². The molecule has 1 aromatic heterocycles. The highest BCUT2D eigenvalue weighted by atomic mass is 19.4. The zero-order chi connectivity index (χ0) is 20.0. The molecule has 0 radical (unpaired) electrons. The van der Waals surface area contributed by atoms with Crippen molar-refractivity contribution >= 4 is 17.7 Å². The third kappa shape index (κ3) is 6.87. The Morgan fingerprint density at radius 1 is 1.15 bits per heavy atom. The summed E-state index contributed by atoms with van der Waals surface area (Å²) in [5.41, 5.74) is 1.09. The number of hydrogen-bond donors (Lipinski definition) is 3. The SMILES string of the molecule is Cc1cc(NC(=O)C(F)(F)Cc2ccccc2)n[nH]1.O=C(O)C(F)(F)F. The molecule has 0 atom stereocenters. The minimum absolute atomic E-state index is 0.0928. The number of aromatic nitrogens is 2. The van der Waals surface area contributed by atoms with Crippen LogP contribution in [0.4, 0.5) is 27.8 Å². The second kappa shape index (κ2) is 8.41. The fourth-order valence-electron chi connectivity index (χ4n) is 1.62. The van der Waals surface area contributed by atoms with Crippen molar-refractivity contribution in [2.45, 2.75) is 25.4 Å². The third-order valence-electron chi connectivity index (χ3n) is 2.79. The van der Waals surface area contributed by atoms with Crippen LogP contribution in [0.2, 0.25) is 0 Å². The van der Waals surface area contributed by atoms with Gasteiger partial charge in [0.2, 0.25) is 0 Å². The Morgan fingerprint density at radius 2 is 1.69 bits per heavy atom. The van der Waals surface area contributed by atoms with Crippen LogP contribution in [0, 0.1) is 6.92 Å². The van der Waals surface area contributed by atoms with Crippen molar-refractivity contribution in [1.82, 2.24) is 10.2 Å². The van der Waals surface area contributed by atoms with Crippen LogP contribution in [0.3, 0.4) is 0 Å². The predicted molar refractivity (Wildman–Crippen MR) is 80.7 cm³/mol. The Balaban J connectivity index is 0.000000412. The number of carbonyl (C=O) groups excluding carboxylic acids is 1. The number of carboxylic acid groups (broad SMARTS) is 1. The molecule has 0 aliphatic rings. The van der Waals surface area contributed by atoms with Crippen LogP contribution in [-0.4, -0.2) is 39.3 Å². The molecule has 3 N–H and O–H groups in total. The molecule has 142 valence electrons. The predicted octanol–water partition coefficient (Wildman–Crippen LogP) is 3.17. The average Bonchev–Trinajstić information content (AvgIpc) is 2.92. The maximum atomic E-state index is 13.7. The summed E-state index contributed by atoms with van der Waals surface area (Å²) in [5.74, 6) is -7.50. The van der Waals surface area contributed by atoms with E-state index in [-0.39, 0.29) is 5.82 Å². The minimum atomic E-state index is -5.08. The molecule has 11 heteroatoms. The number of halogens is 5. The number of benzene rings is 1. The summed E-state index contributed by atoms with van der Waals surface area (Å²) < 4.78 is 59.2. The van der Waals surface area contributed by atoms with Gasteiger partial charge in [0.15, 0.2) is 5.82 Å². The number of carboxylic acids is 1. The molecule has 1 amide bonds. The van der Waals surface area contributed by atoms with Gasteiger partial charge in [-0.3, -0.25) is 9.89 Å². The van der Waals surface area contributed by atoms with Crippen molar-refractivity contribution in [3.05, 3.63) is 47.7 Å². The third-order valence-corrected chi connectivity index (χ3v) is 2.79. The fourth-order valence-corrected chi connectivity index (χ4v) is 1.62. The highest BCUT2D eigenvalue weighted by Gasteiger charge is 2.39. The van der Waals surface area contributed by atoms with Gasteiger partial charge in [-0.15, -0.1) is 0 Å². The molecule has 0 saturated heterocycles. The van der Waals surface area contributed by atoms with Gasteiger partial charge in [-0.25, -0.2) is 4.79 Å². The second-order valence-corrected chi connectivity index (χ2v) is 5.06. The Labute approximate surface area is 144 Å². The van der Waals surface area contributed by atoms with E-state index in [2.05, 4.69) is 15.5 Å². The summed E-state index contributed by atoms with van der Waals surface area (Å²) in [5, 5.41) is 15.5. The van der Waals surface area contributed by atoms with E-state index in [0.29, 0.717) is 11.3 Å². The van der Waals surface area contributed by atoms with Gasteiger partial charge in [-0.1, -0.05) is 30.3 Å². The Hall–Kier alpha value is -2.98. The molecular formula is C15H14F5N3O3. The quantitative estimate of drug-likeness (QED) is 0.711. The normalized spacial score (nSPS) is 11.3. The fraction of sp³-hybridized carbons (Fsp3) is 0.267. The zero-order valence-electron chi connectivity index (χ0n) is 13.3. The Bertz CT molecular complexity index is 744. The van der Waals surface area contributed by atoms with E-state index in [1.54, 1.807) is 37.3 Å². The highest BCUT2D eigenvalue weighted by Crippen LogP contribution is 2.22. The summed E-state index contributed by atoms with van der Waals surface area (Å²) in [4.78, 5) is 20.4. The first-order valence-electron chi connectivity index (χ1n) is 6.97. The Morgan fingerprint density at radius 3 is 2.12 bits per heavy atom. The number of amides is 1. The lowest BCUT2D eigenvalue weighted by molar-refractivity contribution is -0.192. The lowest BCUT2D eigenvalue weighted by Crippen LogP contribution is -2.36. The molecule has 26 heavy (non-hydrogen) atoms. The second-order valence-electron chi connectivity index (χ2n) is 5.06. The monoisotopic (exact) mass is 379 g/mol. The molecule has 6 nitrogen and oxygen atoms in total. The number of H-pyrrole nitrogens is 1. The first-order valence-corrected chi connectivity index (χ1v) is 6.97. The van der Waals surface area contributed by atoms with E-state index in [1.165, 1.54) is 6.07 Å². The number of alkyl halides is 5. The molecule has 2 aromatic rings. The van der Waals surface area contributed by atoms with Gasteiger partial charge >= 0.3 is 18.1 Å². The number of anilines is 1. The number of rotatable bonds is 4. The first kappa shape index (κ1) is 21.1. The van der Waals surface area contributed by atoms with Crippen molar-refractivity contribution in [3.8, 4) is 0 Å². The molecule has 0 aliphatic heterocycles. The average molecular weight is 379 g/mol. The van der Waals surface area contributed by atoms with Crippen LogP contribution in [0.5, 0.6) is 0 Å². The van der Waals surface area contributed by atoms with Gasteiger partial charge < -0.3 is 10.4 Å². The minimum Gasteiger partial charge on any atom is -0.475 e. The van der Waals surface area contributed by atoms with Crippen LogP contribution in [0.25, 0.3) is 0 Å². The van der Waals surface area contributed by atoms with Gasteiger partial charge in [0.1, 0.15) is 0 Å². The van der Waals surface area contributed by atoms with Gasteiger partial charge in [-0.2, -0.15) is 27.1 Å². The molecule has 0 aliphatic carbocycles. The number of hydrogen-bond acceptors (Lipinski definition) is 3. The lowest BCUT2D eigenvalue weighted by Gasteiger charge is -2.15. The van der Waals surface area contributed by atoms with Crippen LogP contribution in [0.1, 0.15) is 11.3 Å². The standard InChI is InChI=1S/C13H13F2N3O.C2HF3O2/c1-9-7-11(18-17-9)16-12(19)13(14,15)8-10-5-3-2-4-6-10;3-2(4,5)1(6)7/h2-7H,8H2,1H3,(H2,16,17,18,19);(H,6,7). The smallest absolute Gasteiger partial charge is 0.475 e. The van der Waals surface area contributed by atoms with Crippen molar-refractivity contribution in [3.63, 3.8) is 0 Å². The number of nitrogens with zero attached hydrogens (tertiary/aromatic N) is 1. The van der Waals surface area contributed by atoms with Crippen molar-refractivity contribution in [2.75, 3.05) is 5.32 Å². The molecule has 0 unspecified atom stereocenters. The molecule has 0 fully saturated rings. The maximum absolute atomic E-state index is 13.7. The zero-order valence-corrected chi connectivity index (χ0v) is 13.3. The van der Waals surface area contributed by atoms with E-state index in [0.717, 1.165) is 0 Å². The summed E-state index contributed by atoms with van der Waals surface area (Å²) >= 11 is 0. The molecule has 2 rings (SSSR count). The van der Waals surface area contributed by atoms with E-state index >= 15 is 0 Å². The van der Waals surface area contributed by atoms with E-state index in [9.17, 15) is 26.7 Å². The van der Waals surface area contributed by atoms with Crippen LogP contribution < -0.4 is 5.32 Å². The maximum Gasteiger partial charge on any atom is 0.490 e. The number of aliphatic carboxylic acids is 1. The topological polar surface area (TPSA) is 95.1 Å². The summed E-state index contributed by atoms with van der Waals surface area (Å²) in [7, 11) is 0. The molecule has 0 saturated carbocycles. The van der Waals surface area contributed by atoms with E-state index in [1.807, 2.05) is 0 Å². The molecule has 0 bridgehead atoms. The van der Waals surface area contributed by atoms with Gasteiger partial charge in [0.25, 0.3) is 5.91 Å². The summed E-state index contributed by atoms with van der Waals surface area (Å²) in [6.07, 6.45) is -5.72. The van der Waals surface area contributed by atoms with Gasteiger partial charge in [0.05, 0.1) is 0 Å². The van der Waals surface area contributed by atoms with Crippen molar-refractivity contribution in [2.24, 2.45) is 0 Å². The highest BCUT2D eigenvalue weighted by molar-refractivity contribution is 5.95. The van der Waals surface area contributed by atoms with E-state index < -0.39 is 30.4 Å². The Kier molecular flexibility index (Phi) is 6.81. The van der Waals surface area contributed by atoms with Crippen molar-refractivity contribution < 1.29 is 36.6 Å². The van der Waals surface area contributed by atoms with Gasteiger partial charge in [0, 0.05) is 18.2 Å².